The van der Waals surface area contributed by atoms with Crippen molar-refractivity contribution in [2.75, 3.05) is 71.0 Å². The van der Waals surface area contributed by atoms with Crippen LogP contribution >= 0.6 is 11.8 Å². The number of piperazine rings is 1. The summed E-state index contributed by atoms with van der Waals surface area (Å²) in [4.78, 5) is 18.9. The first-order chi connectivity index (χ1) is 15.7. The van der Waals surface area contributed by atoms with Crippen LogP contribution in [0.4, 0.5) is 5.82 Å². The number of hydrogen-bond acceptors (Lipinski definition) is 8. The standard InChI is InChI=1S/C23H29N7OS/c1-28-4-6-29(7-5-28)15-18-13-20-21(32-18)23(30-8-10-31-11-9-30)26-22(25-20)16-2-3-17-14-24-27-19(17)12-16/h2-3,12,14,18H,4-11,13,15H2,1H3,(H,24,27). The number of anilines is 1. The van der Waals surface area contributed by atoms with Crippen LogP contribution in [0.5, 0.6) is 0 Å². The molecule has 6 rings (SSSR count). The minimum atomic E-state index is 0.535. The molecule has 3 aromatic rings. The number of morpholine rings is 1. The van der Waals surface area contributed by atoms with Crippen LogP contribution in [0, 0.1) is 0 Å². The van der Waals surface area contributed by atoms with E-state index in [0.29, 0.717) is 5.25 Å². The molecule has 5 heterocycles. The second-order valence-electron chi connectivity index (χ2n) is 8.97. The maximum atomic E-state index is 5.61. The molecular weight excluding hydrogens is 422 g/mol. The van der Waals surface area contributed by atoms with Gasteiger partial charge in [0.25, 0.3) is 0 Å². The first kappa shape index (κ1) is 20.4. The van der Waals surface area contributed by atoms with E-state index in [-0.39, 0.29) is 0 Å². The largest absolute Gasteiger partial charge is 0.378 e. The van der Waals surface area contributed by atoms with Gasteiger partial charge in [-0.1, -0.05) is 12.1 Å². The summed E-state index contributed by atoms with van der Waals surface area (Å²) in [6.07, 6.45) is 2.85. The van der Waals surface area contributed by atoms with Gasteiger partial charge in [0.15, 0.2) is 5.82 Å². The molecule has 9 heteroatoms. The molecule has 1 N–H and O–H groups in total. The number of aromatic amines is 1. The number of nitrogens with zero attached hydrogens (tertiary/aromatic N) is 6. The van der Waals surface area contributed by atoms with Crippen LogP contribution in [0.25, 0.3) is 22.3 Å². The molecule has 1 unspecified atom stereocenters. The summed E-state index contributed by atoms with van der Waals surface area (Å²) in [5.41, 5.74) is 3.25. The zero-order chi connectivity index (χ0) is 21.5. The number of ether oxygens (including phenoxy) is 1. The number of nitrogens with one attached hydrogen (secondary N) is 1. The van der Waals surface area contributed by atoms with Crippen molar-refractivity contribution in [1.29, 1.82) is 0 Å². The van der Waals surface area contributed by atoms with Crippen LogP contribution in [-0.4, -0.2) is 101 Å². The van der Waals surface area contributed by atoms with E-state index in [1.165, 1.54) is 10.6 Å². The molecule has 0 aliphatic carbocycles. The molecule has 3 aliphatic rings. The van der Waals surface area contributed by atoms with Crippen molar-refractivity contribution in [3.8, 4) is 11.4 Å². The second kappa shape index (κ2) is 8.62. The fourth-order valence-corrected chi connectivity index (χ4v) is 6.19. The smallest absolute Gasteiger partial charge is 0.161 e. The lowest BCUT2D eigenvalue weighted by Crippen LogP contribution is -2.46. The SMILES string of the molecule is CN1CCN(CC2Cc3nc(-c4ccc5cn[nH]c5c4)nc(N4CCOCC4)c3S2)CC1. The summed E-state index contributed by atoms with van der Waals surface area (Å²) >= 11 is 1.98. The van der Waals surface area contributed by atoms with Gasteiger partial charge in [0.1, 0.15) is 5.82 Å². The third-order valence-electron chi connectivity index (χ3n) is 6.69. The Kier molecular flexibility index (Phi) is 5.50. The summed E-state index contributed by atoms with van der Waals surface area (Å²) in [6.45, 7) is 9.01. The summed E-state index contributed by atoms with van der Waals surface area (Å²) in [6, 6.07) is 6.30. The lowest BCUT2D eigenvalue weighted by atomic mass is 10.1. The molecule has 2 fully saturated rings. The summed E-state index contributed by atoms with van der Waals surface area (Å²) in [5, 5.41) is 8.86. The number of aromatic nitrogens is 4. The fraction of sp³-hybridized carbons (Fsp3) is 0.522. The quantitative estimate of drug-likeness (QED) is 0.647. The molecule has 0 spiro atoms. The minimum absolute atomic E-state index is 0.535. The lowest BCUT2D eigenvalue weighted by molar-refractivity contribution is 0.122. The summed E-state index contributed by atoms with van der Waals surface area (Å²) in [7, 11) is 2.21. The third kappa shape index (κ3) is 3.98. The van der Waals surface area contributed by atoms with Crippen LogP contribution in [-0.2, 0) is 11.2 Å². The first-order valence-corrected chi connectivity index (χ1v) is 12.4. The lowest BCUT2D eigenvalue weighted by Gasteiger charge is -2.33. The van der Waals surface area contributed by atoms with Gasteiger partial charge < -0.3 is 14.5 Å². The Morgan fingerprint density at radius 3 is 2.78 bits per heavy atom. The van der Waals surface area contributed by atoms with Gasteiger partial charge in [0.2, 0.25) is 0 Å². The van der Waals surface area contributed by atoms with Crippen LogP contribution in [0.3, 0.4) is 0 Å². The Hall–Kier alpha value is -2.20. The number of likely N-dealkylation sites (N-methyl/N-ethyl adjacent to an activating group) is 1. The van der Waals surface area contributed by atoms with Crippen molar-refractivity contribution >= 4 is 28.5 Å². The summed E-state index contributed by atoms with van der Waals surface area (Å²) < 4.78 is 5.61. The Morgan fingerprint density at radius 2 is 1.94 bits per heavy atom. The van der Waals surface area contributed by atoms with Crippen LogP contribution < -0.4 is 4.90 Å². The van der Waals surface area contributed by atoms with Crippen molar-refractivity contribution < 1.29 is 4.74 Å². The number of hydrogen-bond donors (Lipinski definition) is 1. The monoisotopic (exact) mass is 451 g/mol. The highest BCUT2D eigenvalue weighted by atomic mass is 32.2. The van der Waals surface area contributed by atoms with Crippen LogP contribution in [0.1, 0.15) is 5.69 Å². The number of fused-ring (bicyclic) bond motifs is 2. The van der Waals surface area contributed by atoms with Gasteiger partial charge in [-0.15, -0.1) is 11.8 Å². The van der Waals surface area contributed by atoms with Crippen molar-refractivity contribution in [3.05, 3.63) is 30.1 Å². The fourth-order valence-electron chi connectivity index (χ4n) is 4.78. The average Bonchev–Trinajstić information content (AvgIpc) is 3.46. The van der Waals surface area contributed by atoms with Crippen molar-refractivity contribution in [2.24, 2.45) is 0 Å². The van der Waals surface area contributed by atoms with Gasteiger partial charge >= 0.3 is 0 Å². The molecule has 0 bridgehead atoms. The van der Waals surface area contributed by atoms with Gasteiger partial charge in [-0.2, -0.15) is 5.10 Å². The van der Waals surface area contributed by atoms with E-state index in [4.69, 9.17) is 14.7 Å². The molecule has 0 saturated carbocycles. The first-order valence-electron chi connectivity index (χ1n) is 11.5. The van der Waals surface area contributed by atoms with E-state index >= 15 is 0 Å². The maximum absolute atomic E-state index is 5.61. The Labute approximate surface area is 192 Å². The molecule has 8 nitrogen and oxygen atoms in total. The summed E-state index contributed by atoms with van der Waals surface area (Å²) in [5.74, 6) is 1.89. The number of thioether (sulfide) groups is 1. The molecule has 0 amide bonds. The average molecular weight is 452 g/mol. The van der Waals surface area contributed by atoms with E-state index in [1.54, 1.807) is 0 Å². The van der Waals surface area contributed by atoms with Crippen molar-refractivity contribution in [1.82, 2.24) is 30.0 Å². The van der Waals surface area contributed by atoms with E-state index < -0.39 is 0 Å². The van der Waals surface area contributed by atoms with E-state index in [9.17, 15) is 0 Å². The highest BCUT2D eigenvalue weighted by Crippen LogP contribution is 2.43. The van der Waals surface area contributed by atoms with Gasteiger partial charge in [0, 0.05) is 68.4 Å². The van der Waals surface area contributed by atoms with Gasteiger partial charge in [0.05, 0.1) is 35.5 Å². The topological polar surface area (TPSA) is 73.4 Å². The van der Waals surface area contributed by atoms with Crippen LogP contribution in [0.2, 0.25) is 0 Å². The van der Waals surface area contributed by atoms with E-state index in [2.05, 4.69) is 50.1 Å². The van der Waals surface area contributed by atoms with Crippen molar-refractivity contribution in [3.63, 3.8) is 0 Å². The zero-order valence-corrected chi connectivity index (χ0v) is 19.3. The zero-order valence-electron chi connectivity index (χ0n) is 18.5. The van der Waals surface area contributed by atoms with E-state index in [0.717, 1.165) is 93.6 Å². The van der Waals surface area contributed by atoms with Gasteiger partial charge in [-0.25, -0.2) is 9.97 Å². The van der Waals surface area contributed by atoms with Gasteiger partial charge in [-0.3, -0.25) is 10.00 Å². The molecule has 2 aromatic heterocycles. The molecule has 32 heavy (non-hydrogen) atoms. The number of H-pyrrole nitrogens is 1. The Bertz CT molecular complexity index is 1100. The highest BCUT2D eigenvalue weighted by Gasteiger charge is 2.32. The van der Waals surface area contributed by atoms with Crippen LogP contribution in [0.15, 0.2) is 29.3 Å². The predicted octanol–water partition coefficient (Wildman–Crippen LogP) is 2.12. The third-order valence-corrected chi connectivity index (χ3v) is 7.99. The molecule has 1 atom stereocenters. The highest BCUT2D eigenvalue weighted by molar-refractivity contribution is 8.00. The molecule has 1 aromatic carbocycles. The van der Waals surface area contributed by atoms with E-state index in [1.807, 2.05) is 18.0 Å². The molecular formula is C23H29N7OS. The number of benzene rings is 1. The normalized spacial score (nSPS) is 22.5. The molecule has 3 aliphatic heterocycles. The molecule has 2 saturated heterocycles. The molecule has 168 valence electrons. The Morgan fingerprint density at radius 1 is 1.09 bits per heavy atom. The number of rotatable bonds is 4. The van der Waals surface area contributed by atoms with Crippen molar-refractivity contribution in [2.45, 2.75) is 16.6 Å². The minimum Gasteiger partial charge on any atom is -0.378 e. The Balaban J connectivity index is 1.31. The molecule has 0 radical (unpaired) electrons. The second-order valence-corrected chi connectivity index (χ2v) is 10.3. The van der Waals surface area contributed by atoms with Gasteiger partial charge in [-0.05, 0) is 13.1 Å². The maximum Gasteiger partial charge on any atom is 0.161 e. The predicted molar refractivity (Wildman–Crippen MR) is 127 cm³/mol.